The van der Waals surface area contributed by atoms with Gasteiger partial charge in [0.1, 0.15) is 5.58 Å². The molecular formula is C18H14Cl2N2O3. The van der Waals surface area contributed by atoms with E-state index in [0.29, 0.717) is 28.2 Å². The summed E-state index contributed by atoms with van der Waals surface area (Å²) in [7, 11) is 0. The average Bonchev–Trinajstić information content (AvgIpc) is 2.60. The highest BCUT2D eigenvalue weighted by atomic mass is 35.5. The summed E-state index contributed by atoms with van der Waals surface area (Å²) in [6.45, 7) is 2.47. The lowest BCUT2D eigenvalue weighted by Crippen LogP contribution is -2.20. The number of carbonyl (C=O) groups is 1. The second-order valence-electron chi connectivity index (χ2n) is 5.25. The summed E-state index contributed by atoms with van der Waals surface area (Å²) in [6.07, 6.45) is 0. The largest absolute Gasteiger partial charge is 0.421 e. The molecule has 0 saturated carbocycles. The van der Waals surface area contributed by atoms with E-state index >= 15 is 0 Å². The average molecular weight is 377 g/mol. The molecule has 2 aromatic carbocycles. The fraction of sp³-hybridized carbons (Fsp3) is 0.111. The van der Waals surface area contributed by atoms with E-state index in [1.54, 1.807) is 12.1 Å². The number of benzene rings is 2. The highest BCUT2D eigenvalue weighted by molar-refractivity contribution is 6.42. The molecule has 1 heterocycles. The first-order valence-corrected chi connectivity index (χ1v) is 8.33. The minimum atomic E-state index is -0.636. The molecule has 1 aromatic heterocycles. The molecule has 0 aliphatic heterocycles. The van der Waals surface area contributed by atoms with Crippen LogP contribution in [0.3, 0.4) is 0 Å². The van der Waals surface area contributed by atoms with Gasteiger partial charge in [-0.1, -0.05) is 35.3 Å². The molecule has 2 N–H and O–H groups in total. The van der Waals surface area contributed by atoms with Crippen molar-refractivity contribution in [3.63, 3.8) is 0 Å². The van der Waals surface area contributed by atoms with Crippen LogP contribution in [0.4, 0.5) is 11.4 Å². The van der Waals surface area contributed by atoms with Crippen LogP contribution in [0, 0.1) is 0 Å². The molecule has 0 saturated heterocycles. The second-order valence-corrected chi connectivity index (χ2v) is 6.06. The minimum absolute atomic E-state index is 0.0524. The summed E-state index contributed by atoms with van der Waals surface area (Å²) >= 11 is 11.8. The van der Waals surface area contributed by atoms with Crippen molar-refractivity contribution >= 4 is 51.5 Å². The number of anilines is 2. The van der Waals surface area contributed by atoms with Crippen molar-refractivity contribution in [3.05, 3.63) is 68.5 Å². The fourth-order valence-corrected chi connectivity index (χ4v) is 2.74. The molecule has 128 valence electrons. The Morgan fingerprint density at radius 3 is 2.56 bits per heavy atom. The zero-order valence-corrected chi connectivity index (χ0v) is 14.7. The summed E-state index contributed by atoms with van der Waals surface area (Å²) in [5.74, 6) is -0.486. The lowest BCUT2D eigenvalue weighted by Gasteiger charge is -2.13. The number of rotatable bonds is 4. The number of carbonyl (C=O) groups excluding carboxylic acids is 1. The third-order valence-corrected chi connectivity index (χ3v) is 4.33. The fourth-order valence-electron chi connectivity index (χ4n) is 2.45. The third kappa shape index (κ3) is 3.48. The van der Waals surface area contributed by atoms with Crippen molar-refractivity contribution in [2.75, 3.05) is 17.2 Å². The smallest absolute Gasteiger partial charge is 0.362 e. The minimum Gasteiger partial charge on any atom is -0.421 e. The van der Waals surface area contributed by atoms with Gasteiger partial charge in [-0.3, -0.25) is 4.79 Å². The Balaban J connectivity index is 2.07. The summed E-state index contributed by atoms with van der Waals surface area (Å²) in [5, 5.41) is 7.03. The zero-order chi connectivity index (χ0) is 18.0. The first-order valence-electron chi connectivity index (χ1n) is 7.57. The number of hydrogen-bond donors (Lipinski definition) is 2. The maximum absolute atomic E-state index is 12.5. The van der Waals surface area contributed by atoms with Gasteiger partial charge in [0.15, 0.2) is 5.69 Å². The molecule has 0 aliphatic carbocycles. The van der Waals surface area contributed by atoms with Crippen molar-refractivity contribution in [1.29, 1.82) is 0 Å². The Hall–Kier alpha value is -2.50. The second kappa shape index (κ2) is 7.17. The number of nitrogens with one attached hydrogen (secondary N) is 2. The van der Waals surface area contributed by atoms with Crippen LogP contribution in [0.2, 0.25) is 10.0 Å². The van der Waals surface area contributed by atoms with Crippen LogP contribution in [0.5, 0.6) is 0 Å². The highest BCUT2D eigenvalue weighted by Crippen LogP contribution is 2.29. The third-order valence-electron chi connectivity index (χ3n) is 3.59. The van der Waals surface area contributed by atoms with Crippen LogP contribution in [0.1, 0.15) is 17.3 Å². The van der Waals surface area contributed by atoms with E-state index in [1.165, 1.54) is 18.2 Å². The molecule has 0 aliphatic rings. The van der Waals surface area contributed by atoms with E-state index in [9.17, 15) is 9.59 Å². The quantitative estimate of drug-likeness (QED) is 0.642. The van der Waals surface area contributed by atoms with Gasteiger partial charge in [0, 0.05) is 17.5 Å². The molecule has 0 unspecified atom stereocenters. The molecule has 25 heavy (non-hydrogen) atoms. The van der Waals surface area contributed by atoms with Gasteiger partial charge in [-0.2, -0.15) is 0 Å². The van der Waals surface area contributed by atoms with Gasteiger partial charge >= 0.3 is 5.63 Å². The lowest BCUT2D eigenvalue weighted by molar-refractivity contribution is 0.102. The Bertz CT molecular complexity index is 1010. The van der Waals surface area contributed by atoms with Crippen molar-refractivity contribution in [2.45, 2.75) is 6.92 Å². The number of halogens is 2. The van der Waals surface area contributed by atoms with Gasteiger partial charge in [-0.05, 0) is 37.3 Å². The van der Waals surface area contributed by atoms with Gasteiger partial charge in [-0.25, -0.2) is 4.79 Å². The summed E-state index contributed by atoms with van der Waals surface area (Å²) in [6, 6.07) is 11.6. The van der Waals surface area contributed by atoms with Crippen LogP contribution in [-0.4, -0.2) is 12.5 Å². The van der Waals surface area contributed by atoms with Gasteiger partial charge in [-0.15, -0.1) is 0 Å². The predicted octanol–water partition coefficient (Wildman–Crippen LogP) is 4.78. The van der Waals surface area contributed by atoms with Gasteiger partial charge < -0.3 is 15.1 Å². The normalized spacial score (nSPS) is 10.7. The van der Waals surface area contributed by atoms with E-state index in [0.717, 1.165) is 0 Å². The molecule has 0 radical (unpaired) electrons. The van der Waals surface area contributed by atoms with Crippen molar-refractivity contribution in [2.24, 2.45) is 0 Å². The van der Waals surface area contributed by atoms with Crippen molar-refractivity contribution in [1.82, 2.24) is 0 Å². The van der Waals surface area contributed by atoms with Crippen LogP contribution in [0.15, 0.2) is 51.7 Å². The number of para-hydroxylation sites is 1. The van der Waals surface area contributed by atoms with Crippen LogP contribution < -0.4 is 16.3 Å². The van der Waals surface area contributed by atoms with E-state index < -0.39 is 11.5 Å². The Morgan fingerprint density at radius 2 is 1.84 bits per heavy atom. The zero-order valence-electron chi connectivity index (χ0n) is 13.2. The van der Waals surface area contributed by atoms with E-state index in [2.05, 4.69) is 10.6 Å². The molecule has 0 spiro atoms. The van der Waals surface area contributed by atoms with Crippen molar-refractivity contribution in [3.8, 4) is 0 Å². The first kappa shape index (κ1) is 17.3. The Labute approximate surface area is 153 Å². The molecular weight excluding hydrogens is 363 g/mol. The molecule has 1 amide bonds. The molecule has 0 atom stereocenters. The standard InChI is InChI=1S/C18H14Cl2N2O3/c1-2-21-15-11-5-3-4-6-14(11)25-18(24)16(15)22-17(23)10-7-8-12(19)13(20)9-10/h3-9,21H,2H2,1H3,(H,22,23). The van der Waals surface area contributed by atoms with Crippen LogP contribution >= 0.6 is 23.2 Å². The SMILES string of the molecule is CCNc1c(NC(=O)c2ccc(Cl)c(Cl)c2)c(=O)oc2ccccc12. The van der Waals surface area contributed by atoms with E-state index in [-0.39, 0.29) is 16.3 Å². The van der Waals surface area contributed by atoms with Gasteiger partial charge in [0.05, 0.1) is 15.7 Å². The van der Waals surface area contributed by atoms with E-state index in [1.807, 2.05) is 19.1 Å². The Kier molecular flexibility index (Phi) is 4.97. The van der Waals surface area contributed by atoms with Gasteiger partial charge in [0.2, 0.25) is 0 Å². The van der Waals surface area contributed by atoms with Crippen LogP contribution in [-0.2, 0) is 0 Å². The first-order chi connectivity index (χ1) is 12.0. The topological polar surface area (TPSA) is 71.3 Å². The van der Waals surface area contributed by atoms with Gasteiger partial charge in [0.25, 0.3) is 5.91 Å². The molecule has 0 bridgehead atoms. The number of hydrogen-bond acceptors (Lipinski definition) is 4. The molecule has 7 heteroatoms. The Morgan fingerprint density at radius 1 is 1.08 bits per heavy atom. The lowest BCUT2D eigenvalue weighted by atomic mass is 10.1. The molecule has 5 nitrogen and oxygen atoms in total. The number of fused-ring (bicyclic) bond motifs is 1. The monoisotopic (exact) mass is 376 g/mol. The number of amides is 1. The van der Waals surface area contributed by atoms with E-state index in [4.69, 9.17) is 27.6 Å². The summed E-state index contributed by atoms with van der Waals surface area (Å²) in [4.78, 5) is 24.8. The summed E-state index contributed by atoms with van der Waals surface area (Å²) < 4.78 is 5.30. The predicted molar refractivity (Wildman–Crippen MR) is 101 cm³/mol. The highest BCUT2D eigenvalue weighted by Gasteiger charge is 2.17. The maximum atomic E-state index is 12.5. The molecule has 0 fully saturated rings. The maximum Gasteiger partial charge on any atom is 0.362 e. The molecule has 3 aromatic rings. The summed E-state index contributed by atoms with van der Waals surface area (Å²) in [5.41, 5.74) is 0.655. The van der Waals surface area contributed by atoms with Crippen LogP contribution in [0.25, 0.3) is 11.0 Å². The molecule has 3 rings (SSSR count). The van der Waals surface area contributed by atoms with Crippen molar-refractivity contribution < 1.29 is 9.21 Å².